The average molecular weight is 722 g/mol. The number of H-pyrrole nitrogens is 1. The fourth-order valence-corrected chi connectivity index (χ4v) is 8.87. The van der Waals surface area contributed by atoms with Crippen LogP contribution in [0, 0.1) is 12.3 Å². The number of aromatic amines is 1. The second-order valence-electron chi connectivity index (χ2n) is 13.9. The quantitative estimate of drug-likeness (QED) is 0.147. The highest BCUT2D eigenvalue weighted by atomic mass is 32.1. The van der Waals surface area contributed by atoms with Gasteiger partial charge in [-0.3, -0.25) is 10.1 Å². The van der Waals surface area contributed by atoms with Gasteiger partial charge in [-0.1, -0.05) is 30.3 Å². The number of ether oxygens (including phenoxy) is 2. The molecule has 1 saturated carbocycles. The number of halogens is 5. The number of anilines is 1. The Hall–Kier alpha value is -4.47. The van der Waals surface area contributed by atoms with Crippen molar-refractivity contribution >= 4 is 48.4 Å². The molecule has 3 fully saturated rings. The first-order valence-corrected chi connectivity index (χ1v) is 17.6. The van der Waals surface area contributed by atoms with Gasteiger partial charge in [0, 0.05) is 54.1 Å². The van der Waals surface area contributed by atoms with Gasteiger partial charge in [0.1, 0.15) is 17.3 Å². The van der Waals surface area contributed by atoms with Crippen LogP contribution in [0.15, 0.2) is 54.9 Å². The molecule has 0 spiro atoms. The zero-order chi connectivity index (χ0) is 35.1. The van der Waals surface area contributed by atoms with Gasteiger partial charge in [-0.2, -0.15) is 28.2 Å². The number of thiophene rings is 1. The summed E-state index contributed by atoms with van der Waals surface area (Å²) < 4.78 is 86.1. The number of piperazine rings is 1. The number of pyridine rings is 1. The van der Waals surface area contributed by atoms with Gasteiger partial charge in [-0.05, 0) is 43.0 Å². The molecule has 9 nitrogen and oxygen atoms in total. The summed E-state index contributed by atoms with van der Waals surface area (Å²) in [6.45, 7) is 2.35. The number of nitrogens with one attached hydrogen (secondary N) is 2. The smallest absolute Gasteiger partial charge is 0.417 e. The molecule has 6 aromatic rings. The van der Waals surface area contributed by atoms with Crippen molar-refractivity contribution in [1.29, 1.82) is 0 Å². The maximum absolute atomic E-state index is 14.9. The molecular weight excluding hydrogens is 690 g/mol. The largest absolute Gasteiger partial charge is 0.462 e. The first kappa shape index (κ1) is 32.4. The Morgan fingerprint density at radius 2 is 1.78 bits per heavy atom. The summed E-state index contributed by atoms with van der Waals surface area (Å²) in [5.74, 6) is -2.42. The minimum absolute atomic E-state index is 0.0418. The standard InChI is InChI=1S/C36H32F5N7O2S/c1-19-11-25-24(12-43-47-25)26(28(19)36(39,40)41)29-30-23(9-10-42-29)27-31(48-13-21-7-8-22(14-48)44-21)45-33(46-32(27)51-30)50-18-34(16-35(34,37)38)17-49-15-20-5-3-2-4-6-20/h2-6,9-12,21-22,44H,7-8,13-18H2,1H3,(H,43,47)/t21-,22+,34-/m1/s1. The fourth-order valence-electron chi connectivity index (χ4n) is 7.72. The molecule has 2 bridgehead atoms. The number of alkyl halides is 5. The van der Waals surface area contributed by atoms with Crippen molar-refractivity contribution in [3.8, 4) is 17.3 Å². The van der Waals surface area contributed by atoms with Crippen molar-refractivity contribution in [3.05, 3.63) is 71.5 Å². The predicted molar refractivity (Wildman–Crippen MR) is 183 cm³/mol. The molecule has 2 saturated heterocycles. The lowest BCUT2D eigenvalue weighted by atomic mass is 9.94. The lowest BCUT2D eigenvalue weighted by molar-refractivity contribution is -0.137. The molecule has 6 heterocycles. The van der Waals surface area contributed by atoms with E-state index in [1.165, 1.54) is 36.7 Å². The molecule has 9 rings (SSSR count). The van der Waals surface area contributed by atoms with Crippen LogP contribution >= 0.6 is 11.3 Å². The molecule has 4 aromatic heterocycles. The molecular formula is C36H32F5N7O2S. The molecule has 2 aliphatic heterocycles. The van der Waals surface area contributed by atoms with E-state index in [4.69, 9.17) is 19.4 Å². The third-order valence-corrected chi connectivity index (χ3v) is 11.5. The SMILES string of the molecule is Cc1cc2[nH]ncc2c(-c2nccc3c2sc2nc(OC[C@]4(COCc5ccccc5)CC4(F)F)nc(N4C[C@H]5CC[C@@H](C4)N5)c23)c1C(F)(F)F. The highest BCUT2D eigenvalue weighted by molar-refractivity contribution is 7.26. The molecule has 15 heteroatoms. The maximum Gasteiger partial charge on any atom is 0.417 e. The van der Waals surface area contributed by atoms with Crippen molar-refractivity contribution < 1.29 is 31.4 Å². The fraction of sp³-hybridized carbons (Fsp3) is 0.389. The molecule has 2 aromatic carbocycles. The number of hydrogen-bond donors (Lipinski definition) is 2. The first-order valence-electron chi connectivity index (χ1n) is 16.8. The van der Waals surface area contributed by atoms with Crippen LogP contribution in [-0.4, -0.2) is 69.5 Å². The number of hydrogen-bond acceptors (Lipinski definition) is 9. The van der Waals surface area contributed by atoms with E-state index < -0.39 is 23.1 Å². The summed E-state index contributed by atoms with van der Waals surface area (Å²) in [5, 5.41) is 12.1. The molecule has 1 aliphatic carbocycles. The summed E-state index contributed by atoms with van der Waals surface area (Å²) in [4.78, 5) is 16.7. The van der Waals surface area contributed by atoms with Gasteiger partial charge in [-0.25, -0.2) is 8.78 Å². The normalized spacial score (nSPS) is 22.7. The van der Waals surface area contributed by atoms with Crippen LogP contribution in [0.2, 0.25) is 0 Å². The van der Waals surface area contributed by atoms with Crippen LogP contribution in [0.5, 0.6) is 6.01 Å². The van der Waals surface area contributed by atoms with Gasteiger partial charge in [0.05, 0.1) is 51.7 Å². The van der Waals surface area contributed by atoms with Gasteiger partial charge < -0.3 is 19.7 Å². The van der Waals surface area contributed by atoms with Gasteiger partial charge in [-0.15, -0.1) is 11.3 Å². The van der Waals surface area contributed by atoms with Crippen molar-refractivity contribution in [1.82, 2.24) is 30.5 Å². The van der Waals surface area contributed by atoms with Gasteiger partial charge >= 0.3 is 12.2 Å². The minimum Gasteiger partial charge on any atom is -0.462 e. The van der Waals surface area contributed by atoms with E-state index in [1.54, 1.807) is 6.07 Å². The zero-order valence-corrected chi connectivity index (χ0v) is 28.2. The maximum atomic E-state index is 14.9. The Bertz CT molecular complexity index is 2280. The molecule has 3 atom stereocenters. The van der Waals surface area contributed by atoms with Crippen LogP contribution in [0.1, 0.15) is 36.0 Å². The van der Waals surface area contributed by atoms with Gasteiger partial charge in [0.2, 0.25) is 0 Å². The van der Waals surface area contributed by atoms with E-state index in [1.807, 2.05) is 30.3 Å². The van der Waals surface area contributed by atoms with Crippen LogP contribution in [0.3, 0.4) is 0 Å². The summed E-state index contributed by atoms with van der Waals surface area (Å²) in [6, 6.07) is 12.9. The summed E-state index contributed by atoms with van der Waals surface area (Å²) >= 11 is 1.18. The summed E-state index contributed by atoms with van der Waals surface area (Å²) in [5.41, 5.74) is -0.849. The van der Waals surface area contributed by atoms with Crippen LogP contribution < -0.4 is 15.0 Å². The number of nitrogens with zero attached hydrogens (tertiary/aromatic N) is 5. The number of rotatable bonds is 9. The van der Waals surface area contributed by atoms with Crippen molar-refractivity contribution in [2.75, 3.05) is 31.2 Å². The number of fused-ring (bicyclic) bond motifs is 6. The number of aromatic nitrogens is 5. The van der Waals surface area contributed by atoms with E-state index in [0.717, 1.165) is 18.4 Å². The lowest BCUT2D eigenvalue weighted by Gasteiger charge is -2.34. The third kappa shape index (κ3) is 5.56. The van der Waals surface area contributed by atoms with E-state index in [9.17, 15) is 22.0 Å². The Morgan fingerprint density at radius 3 is 2.51 bits per heavy atom. The monoisotopic (exact) mass is 721 g/mol. The molecule has 264 valence electrons. The number of aryl methyl sites for hydroxylation is 1. The molecule has 2 N–H and O–H groups in total. The van der Waals surface area contributed by atoms with Crippen LogP contribution in [0.25, 0.3) is 42.5 Å². The lowest BCUT2D eigenvalue weighted by Crippen LogP contribution is -2.51. The predicted octanol–water partition coefficient (Wildman–Crippen LogP) is 7.67. The van der Waals surface area contributed by atoms with Crippen molar-refractivity contribution in [2.45, 2.75) is 57.0 Å². The third-order valence-electron chi connectivity index (χ3n) is 10.4. The second-order valence-corrected chi connectivity index (χ2v) is 14.9. The van der Waals surface area contributed by atoms with Gasteiger partial charge in [0.15, 0.2) is 0 Å². The van der Waals surface area contributed by atoms with E-state index in [0.29, 0.717) is 50.1 Å². The zero-order valence-electron chi connectivity index (χ0n) is 27.4. The minimum atomic E-state index is -4.66. The average Bonchev–Trinajstić information content (AvgIpc) is 3.55. The number of benzene rings is 2. The first-order chi connectivity index (χ1) is 24.5. The van der Waals surface area contributed by atoms with Crippen molar-refractivity contribution in [3.63, 3.8) is 0 Å². The summed E-state index contributed by atoms with van der Waals surface area (Å²) in [6.07, 6.45) is -0.152. The van der Waals surface area contributed by atoms with Crippen LogP contribution in [0.4, 0.5) is 27.8 Å². The van der Waals surface area contributed by atoms with Gasteiger partial charge in [0.25, 0.3) is 5.92 Å². The molecule has 0 amide bonds. The second kappa shape index (κ2) is 11.8. The topological polar surface area (TPSA) is 101 Å². The highest BCUT2D eigenvalue weighted by Gasteiger charge is 2.72. The molecule has 51 heavy (non-hydrogen) atoms. The highest BCUT2D eigenvalue weighted by Crippen LogP contribution is 2.61. The Morgan fingerprint density at radius 1 is 1.02 bits per heavy atom. The summed E-state index contributed by atoms with van der Waals surface area (Å²) in [7, 11) is 0. The van der Waals surface area contributed by atoms with E-state index >= 15 is 0 Å². The molecule has 0 radical (unpaired) electrons. The molecule has 0 unspecified atom stereocenters. The van der Waals surface area contributed by atoms with E-state index in [2.05, 4.69) is 25.4 Å². The van der Waals surface area contributed by atoms with E-state index in [-0.39, 0.29) is 61.2 Å². The van der Waals surface area contributed by atoms with Crippen molar-refractivity contribution in [2.24, 2.45) is 5.41 Å². The molecule has 3 aliphatic rings. The Balaban J connectivity index is 1.14. The van der Waals surface area contributed by atoms with Crippen LogP contribution in [-0.2, 0) is 17.5 Å². The Kier molecular flexibility index (Phi) is 7.50. The Labute approximate surface area is 292 Å².